The van der Waals surface area contributed by atoms with E-state index in [4.69, 9.17) is 10.5 Å². The summed E-state index contributed by atoms with van der Waals surface area (Å²) in [6.45, 7) is 6.17. The molecule has 20 heavy (non-hydrogen) atoms. The van der Waals surface area contributed by atoms with Crippen molar-refractivity contribution in [2.24, 2.45) is 0 Å². The minimum Gasteiger partial charge on any atom is -0.462 e. The molecule has 110 valence electrons. The number of likely N-dealkylation sites (N-methyl/N-ethyl adjacent to an activating group) is 1. The second-order valence-electron chi connectivity index (χ2n) is 5.14. The Morgan fingerprint density at radius 2 is 2.10 bits per heavy atom. The van der Waals surface area contributed by atoms with Crippen molar-refractivity contribution in [2.45, 2.75) is 13.3 Å². The molecular formula is C15H23N3O2. The monoisotopic (exact) mass is 277 g/mol. The Bertz CT molecular complexity index is 476. The van der Waals surface area contributed by atoms with E-state index in [1.54, 1.807) is 19.1 Å². The molecule has 0 saturated carbocycles. The van der Waals surface area contributed by atoms with E-state index in [-0.39, 0.29) is 5.97 Å². The van der Waals surface area contributed by atoms with Gasteiger partial charge in [-0.05, 0) is 45.1 Å². The maximum Gasteiger partial charge on any atom is 0.338 e. The zero-order valence-electron chi connectivity index (χ0n) is 12.3. The van der Waals surface area contributed by atoms with E-state index in [9.17, 15) is 4.79 Å². The summed E-state index contributed by atoms with van der Waals surface area (Å²) in [5.74, 6) is -0.291. The van der Waals surface area contributed by atoms with E-state index < -0.39 is 0 Å². The molecule has 5 heteroatoms. The average Bonchev–Trinajstić information content (AvgIpc) is 2.64. The number of rotatable bonds is 3. The van der Waals surface area contributed by atoms with E-state index in [0.29, 0.717) is 17.9 Å². The molecule has 2 rings (SSSR count). The first-order valence-corrected chi connectivity index (χ1v) is 7.12. The van der Waals surface area contributed by atoms with Crippen molar-refractivity contribution in [2.75, 3.05) is 50.5 Å². The lowest BCUT2D eigenvalue weighted by molar-refractivity contribution is 0.0526. The molecule has 0 radical (unpaired) electrons. The molecule has 0 unspecified atom stereocenters. The summed E-state index contributed by atoms with van der Waals surface area (Å²) < 4.78 is 5.05. The van der Waals surface area contributed by atoms with Crippen molar-refractivity contribution in [3.8, 4) is 0 Å². The van der Waals surface area contributed by atoms with Gasteiger partial charge in [0.2, 0.25) is 0 Å². The number of esters is 1. The van der Waals surface area contributed by atoms with E-state index in [1.807, 2.05) is 6.07 Å². The predicted octanol–water partition coefficient (Wildman–Crippen LogP) is 1.59. The van der Waals surface area contributed by atoms with Crippen LogP contribution in [-0.2, 0) is 4.74 Å². The second kappa shape index (κ2) is 6.61. The third kappa shape index (κ3) is 3.42. The lowest BCUT2D eigenvalue weighted by atomic mass is 10.1. The molecule has 5 nitrogen and oxygen atoms in total. The Hall–Kier alpha value is -1.75. The number of carbonyl (C=O) groups is 1. The summed E-state index contributed by atoms with van der Waals surface area (Å²) in [6.07, 6.45) is 1.10. The molecule has 1 aliphatic heterocycles. The minimum absolute atomic E-state index is 0.291. The summed E-state index contributed by atoms with van der Waals surface area (Å²) in [5, 5.41) is 0. The molecule has 0 spiro atoms. The molecule has 1 heterocycles. The van der Waals surface area contributed by atoms with E-state index in [0.717, 1.165) is 38.3 Å². The number of ether oxygens (including phenoxy) is 1. The Balaban J connectivity index is 2.21. The van der Waals surface area contributed by atoms with Gasteiger partial charge < -0.3 is 20.3 Å². The smallest absolute Gasteiger partial charge is 0.338 e. The van der Waals surface area contributed by atoms with Gasteiger partial charge in [-0.25, -0.2) is 4.79 Å². The number of nitrogens with zero attached hydrogens (tertiary/aromatic N) is 2. The Morgan fingerprint density at radius 3 is 2.85 bits per heavy atom. The topological polar surface area (TPSA) is 58.8 Å². The van der Waals surface area contributed by atoms with Crippen LogP contribution in [0.2, 0.25) is 0 Å². The normalized spacial score (nSPS) is 16.8. The van der Waals surface area contributed by atoms with Crippen molar-refractivity contribution in [3.05, 3.63) is 23.8 Å². The van der Waals surface area contributed by atoms with Gasteiger partial charge in [0, 0.05) is 19.6 Å². The zero-order chi connectivity index (χ0) is 14.5. The van der Waals surface area contributed by atoms with Crippen LogP contribution in [0.25, 0.3) is 0 Å². The highest BCUT2D eigenvalue weighted by atomic mass is 16.5. The summed E-state index contributed by atoms with van der Waals surface area (Å²) in [6, 6.07) is 5.36. The standard InChI is InChI=1S/C15H23N3O2/c1-3-20-15(19)12-5-6-13(16)14(11-12)18-8-4-7-17(2)9-10-18/h5-6,11H,3-4,7-10,16H2,1-2H3. The molecule has 1 aromatic rings. The van der Waals surface area contributed by atoms with Gasteiger partial charge in [-0.15, -0.1) is 0 Å². The SMILES string of the molecule is CCOC(=O)c1ccc(N)c(N2CCCN(C)CC2)c1. The van der Waals surface area contributed by atoms with Crippen LogP contribution in [0.5, 0.6) is 0 Å². The maximum atomic E-state index is 11.8. The van der Waals surface area contributed by atoms with Gasteiger partial charge in [0.1, 0.15) is 0 Å². The maximum absolute atomic E-state index is 11.8. The van der Waals surface area contributed by atoms with Crippen LogP contribution in [0, 0.1) is 0 Å². The van der Waals surface area contributed by atoms with Crippen LogP contribution in [-0.4, -0.2) is 50.7 Å². The first kappa shape index (κ1) is 14.7. The summed E-state index contributed by atoms with van der Waals surface area (Å²) in [7, 11) is 2.13. The van der Waals surface area contributed by atoms with Gasteiger partial charge in [-0.1, -0.05) is 0 Å². The molecule has 0 aliphatic carbocycles. The quantitative estimate of drug-likeness (QED) is 0.671. The Kier molecular flexibility index (Phi) is 4.84. The summed E-state index contributed by atoms with van der Waals surface area (Å²) >= 11 is 0. The molecule has 1 fully saturated rings. The molecule has 1 saturated heterocycles. The van der Waals surface area contributed by atoms with Crippen LogP contribution < -0.4 is 10.6 Å². The molecule has 0 atom stereocenters. The molecule has 1 aromatic carbocycles. The van der Waals surface area contributed by atoms with Gasteiger partial charge >= 0.3 is 5.97 Å². The predicted molar refractivity (Wildman–Crippen MR) is 81.1 cm³/mol. The number of hydrogen-bond donors (Lipinski definition) is 1. The van der Waals surface area contributed by atoms with Crippen molar-refractivity contribution < 1.29 is 9.53 Å². The molecule has 1 aliphatic rings. The highest BCUT2D eigenvalue weighted by Crippen LogP contribution is 2.26. The number of carbonyl (C=O) groups excluding carboxylic acids is 1. The zero-order valence-corrected chi connectivity index (χ0v) is 12.3. The van der Waals surface area contributed by atoms with Crippen LogP contribution >= 0.6 is 0 Å². The van der Waals surface area contributed by atoms with Crippen molar-refractivity contribution >= 4 is 17.3 Å². The fourth-order valence-electron chi connectivity index (χ4n) is 2.45. The van der Waals surface area contributed by atoms with Gasteiger partial charge in [0.05, 0.1) is 23.5 Å². The Labute approximate surface area is 120 Å². The molecule has 2 N–H and O–H groups in total. The lowest BCUT2D eigenvalue weighted by Gasteiger charge is -2.24. The van der Waals surface area contributed by atoms with Gasteiger partial charge in [-0.2, -0.15) is 0 Å². The fraction of sp³-hybridized carbons (Fsp3) is 0.533. The second-order valence-corrected chi connectivity index (χ2v) is 5.14. The van der Waals surface area contributed by atoms with Crippen molar-refractivity contribution in [1.82, 2.24) is 4.90 Å². The van der Waals surface area contributed by atoms with Crippen molar-refractivity contribution in [3.63, 3.8) is 0 Å². The highest BCUT2D eigenvalue weighted by molar-refractivity contribution is 5.92. The van der Waals surface area contributed by atoms with Gasteiger partial charge in [0.15, 0.2) is 0 Å². The molecule has 0 aromatic heterocycles. The summed E-state index contributed by atoms with van der Waals surface area (Å²) in [4.78, 5) is 16.4. The van der Waals surface area contributed by atoms with Crippen LogP contribution in [0.15, 0.2) is 18.2 Å². The van der Waals surface area contributed by atoms with E-state index in [2.05, 4.69) is 16.8 Å². The molecule has 0 bridgehead atoms. The number of hydrogen-bond acceptors (Lipinski definition) is 5. The van der Waals surface area contributed by atoms with Crippen LogP contribution in [0.4, 0.5) is 11.4 Å². The number of anilines is 2. The summed E-state index contributed by atoms with van der Waals surface area (Å²) in [5.41, 5.74) is 8.28. The molecule has 0 amide bonds. The van der Waals surface area contributed by atoms with Crippen molar-refractivity contribution in [1.29, 1.82) is 0 Å². The number of nitrogens with two attached hydrogens (primary N) is 1. The van der Waals surface area contributed by atoms with E-state index >= 15 is 0 Å². The third-order valence-corrected chi connectivity index (χ3v) is 3.60. The van der Waals surface area contributed by atoms with E-state index in [1.165, 1.54) is 0 Å². The molecular weight excluding hydrogens is 254 g/mol. The highest BCUT2D eigenvalue weighted by Gasteiger charge is 2.17. The third-order valence-electron chi connectivity index (χ3n) is 3.60. The average molecular weight is 277 g/mol. The number of nitrogen functional groups attached to an aromatic ring is 1. The van der Waals surface area contributed by atoms with Crippen LogP contribution in [0.1, 0.15) is 23.7 Å². The Morgan fingerprint density at radius 1 is 1.30 bits per heavy atom. The fourth-order valence-corrected chi connectivity index (χ4v) is 2.45. The lowest BCUT2D eigenvalue weighted by Crippen LogP contribution is -2.29. The number of benzene rings is 1. The first-order valence-electron chi connectivity index (χ1n) is 7.12. The minimum atomic E-state index is -0.291. The van der Waals surface area contributed by atoms with Crippen LogP contribution in [0.3, 0.4) is 0 Å². The largest absolute Gasteiger partial charge is 0.462 e. The first-order chi connectivity index (χ1) is 9.61. The van der Waals surface area contributed by atoms with Gasteiger partial charge in [0.25, 0.3) is 0 Å². The van der Waals surface area contributed by atoms with Gasteiger partial charge in [-0.3, -0.25) is 0 Å².